The fraction of sp³-hybridized carbons (Fsp3) is 0.407. The van der Waals surface area contributed by atoms with E-state index < -0.39 is 12.1 Å². The topological polar surface area (TPSA) is 96.9 Å². The third-order valence-electron chi connectivity index (χ3n) is 5.97. The fourth-order valence-electron chi connectivity index (χ4n) is 4.11. The largest absolute Gasteiger partial charge is 0.478 e. The van der Waals surface area contributed by atoms with Gasteiger partial charge in [0.25, 0.3) is 0 Å². The molecule has 7 nitrogen and oxygen atoms in total. The molecule has 3 atom stereocenters. The van der Waals surface area contributed by atoms with Gasteiger partial charge in [0.1, 0.15) is 11.5 Å². The lowest BCUT2D eigenvalue weighted by Gasteiger charge is -2.38. The van der Waals surface area contributed by atoms with Crippen LogP contribution in [-0.4, -0.2) is 41.3 Å². The van der Waals surface area contributed by atoms with Crippen LogP contribution in [0, 0.1) is 0 Å². The molecule has 0 aliphatic heterocycles. The van der Waals surface area contributed by atoms with Gasteiger partial charge in [-0.25, -0.2) is 4.79 Å². The predicted octanol–water partition coefficient (Wildman–Crippen LogP) is 4.43. The van der Waals surface area contributed by atoms with Crippen molar-refractivity contribution in [2.75, 3.05) is 0 Å². The summed E-state index contributed by atoms with van der Waals surface area (Å²) in [6.45, 7) is 6.05. The molecular formula is C27H34N2O5. The Morgan fingerprint density at radius 2 is 1.68 bits per heavy atom. The Bertz CT molecular complexity index is 970. The van der Waals surface area contributed by atoms with E-state index >= 15 is 0 Å². The Hall–Kier alpha value is -3.16. The quantitative estimate of drug-likeness (QED) is 0.453. The van der Waals surface area contributed by atoms with Gasteiger partial charge in [0.2, 0.25) is 5.91 Å². The van der Waals surface area contributed by atoms with Crippen LogP contribution in [0.25, 0.3) is 0 Å². The van der Waals surface area contributed by atoms with E-state index in [1.165, 1.54) is 6.92 Å². The van der Waals surface area contributed by atoms with Crippen molar-refractivity contribution < 1.29 is 24.2 Å². The van der Waals surface area contributed by atoms with E-state index in [1.807, 2.05) is 68.4 Å². The van der Waals surface area contributed by atoms with Gasteiger partial charge in [-0.1, -0.05) is 44.2 Å². The van der Waals surface area contributed by atoms with Gasteiger partial charge >= 0.3 is 5.97 Å². The maximum Gasteiger partial charge on any atom is 0.331 e. The number of para-hydroxylation sites is 1. The summed E-state index contributed by atoms with van der Waals surface area (Å²) in [4.78, 5) is 23.8. The minimum absolute atomic E-state index is 0.0107. The van der Waals surface area contributed by atoms with Crippen molar-refractivity contribution in [3.05, 3.63) is 71.8 Å². The lowest BCUT2D eigenvalue weighted by molar-refractivity contribution is -0.133. The van der Waals surface area contributed by atoms with Crippen molar-refractivity contribution in [1.82, 2.24) is 10.6 Å². The Kier molecular flexibility index (Phi) is 9.24. The van der Waals surface area contributed by atoms with Crippen molar-refractivity contribution in [3.8, 4) is 11.5 Å². The van der Waals surface area contributed by atoms with E-state index in [9.17, 15) is 14.7 Å². The number of hydrogen-bond donors (Lipinski definition) is 3. The van der Waals surface area contributed by atoms with Crippen LogP contribution in [0.2, 0.25) is 0 Å². The van der Waals surface area contributed by atoms with E-state index in [0.29, 0.717) is 12.1 Å². The average Bonchev–Trinajstić information content (AvgIpc) is 2.83. The lowest BCUT2D eigenvalue weighted by atomic mass is 9.87. The first-order chi connectivity index (χ1) is 16.4. The number of benzene rings is 2. The van der Waals surface area contributed by atoms with Crippen molar-refractivity contribution >= 4 is 11.9 Å². The molecule has 0 saturated carbocycles. The molecule has 0 saturated heterocycles. The van der Waals surface area contributed by atoms with Crippen molar-refractivity contribution in [2.24, 2.45) is 0 Å². The van der Waals surface area contributed by atoms with Crippen LogP contribution in [0.3, 0.4) is 0 Å². The minimum atomic E-state index is -0.964. The summed E-state index contributed by atoms with van der Waals surface area (Å²) >= 11 is 0. The second kappa shape index (κ2) is 12.3. The summed E-state index contributed by atoms with van der Waals surface area (Å²) in [5.41, 5.74) is 1.31. The number of aliphatic carboxylic acids is 1. The smallest absolute Gasteiger partial charge is 0.331 e. The zero-order valence-corrected chi connectivity index (χ0v) is 20.0. The highest BCUT2D eigenvalue weighted by molar-refractivity contribution is 5.87. The first-order valence-electron chi connectivity index (χ1n) is 11.8. The predicted molar refractivity (Wildman–Crippen MR) is 131 cm³/mol. The first kappa shape index (κ1) is 25.5. The molecule has 34 heavy (non-hydrogen) atoms. The average molecular weight is 467 g/mol. The summed E-state index contributed by atoms with van der Waals surface area (Å²) in [5, 5.41) is 16.1. The number of carboxylic acids is 1. The second-order valence-electron chi connectivity index (χ2n) is 8.51. The number of carboxylic acid groups (broad SMARTS) is 1. The van der Waals surface area contributed by atoms with Gasteiger partial charge in [-0.05, 0) is 55.2 Å². The third kappa shape index (κ3) is 7.17. The van der Waals surface area contributed by atoms with Crippen molar-refractivity contribution in [2.45, 2.75) is 70.9 Å². The molecule has 2 aromatic rings. The maximum atomic E-state index is 12.0. The molecule has 0 fully saturated rings. The standard InChI is InChI=1S/C27H34N2O5/c1-4-21(5-2)34-25-16-20(27(31)32)15-24(26(25)29-18(3)30)28-17-19-11-13-23(14-12-19)33-22-9-7-6-8-10-22/h6-14,16,21,24-26,28H,4-5,15,17H2,1-3H3,(H,29,30)(H,31,32)/t24-,25+,26+/m0/s1. The lowest BCUT2D eigenvalue weighted by Crippen LogP contribution is -2.58. The van der Waals surface area contributed by atoms with Crippen LogP contribution in [0.15, 0.2) is 66.2 Å². The normalized spacial score (nSPS) is 20.0. The van der Waals surface area contributed by atoms with E-state index in [4.69, 9.17) is 9.47 Å². The maximum absolute atomic E-state index is 12.0. The van der Waals surface area contributed by atoms with Gasteiger partial charge in [0, 0.05) is 25.1 Å². The highest BCUT2D eigenvalue weighted by Crippen LogP contribution is 2.26. The zero-order chi connectivity index (χ0) is 24.5. The van der Waals surface area contributed by atoms with E-state index in [0.717, 1.165) is 29.9 Å². The highest BCUT2D eigenvalue weighted by atomic mass is 16.5. The molecule has 1 aliphatic rings. The monoisotopic (exact) mass is 466 g/mol. The molecule has 0 aromatic heterocycles. The summed E-state index contributed by atoms with van der Waals surface area (Å²) in [5.74, 6) is 0.363. The minimum Gasteiger partial charge on any atom is -0.478 e. The van der Waals surface area contributed by atoms with Crippen LogP contribution in [-0.2, 0) is 20.9 Å². The molecule has 1 amide bonds. The van der Waals surface area contributed by atoms with Crippen molar-refractivity contribution in [3.63, 3.8) is 0 Å². The molecule has 0 heterocycles. The molecule has 2 aromatic carbocycles. The highest BCUT2D eigenvalue weighted by Gasteiger charge is 2.37. The summed E-state index contributed by atoms with van der Waals surface area (Å²) in [7, 11) is 0. The molecule has 7 heteroatoms. The Morgan fingerprint density at radius 1 is 1.03 bits per heavy atom. The third-order valence-corrected chi connectivity index (χ3v) is 5.97. The summed E-state index contributed by atoms with van der Waals surface area (Å²) in [6.07, 6.45) is 3.03. The Morgan fingerprint density at radius 3 is 2.26 bits per heavy atom. The van der Waals surface area contributed by atoms with Crippen LogP contribution in [0.5, 0.6) is 11.5 Å². The Labute approximate surface area is 201 Å². The van der Waals surface area contributed by atoms with Crippen LogP contribution >= 0.6 is 0 Å². The van der Waals surface area contributed by atoms with E-state index in [1.54, 1.807) is 6.08 Å². The number of carbonyl (C=O) groups excluding carboxylic acids is 1. The van der Waals surface area contributed by atoms with Gasteiger partial charge in [0.15, 0.2) is 0 Å². The number of nitrogens with one attached hydrogen (secondary N) is 2. The molecule has 3 N–H and O–H groups in total. The van der Waals surface area contributed by atoms with Crippen LogP contribution in [0.4, 0.5) is 0 Å². The molecule has 0 radical (unpaired) electrons. The van der Waals surface area contributed by atoms with Crippen molar-refractivity contribution in [1.29, 1.82) is 0 Å². The van der Waals surface area contributed by atoms with Gasteiger partial charge in [-0.3, -0.25) is 4.79 Å². The van der Waals surface area contributed by atoms with Crippen LogP contribution < -0.4 is 15.4 Å². The van der Waals surface area contributed by atoms with Crippen LogP contribution in [0.1, 0.15) is 45.6 Å². The Balaban J connectivity index is 1.71. The molecule has 3 rings (SSSR count). The molecule has 182 valence electrons. The number of amides is 1. The SMILES string of the molecule is CCC(CC)O[C@@H]1C=C(C(=O)O)C[C@H](NCc2ccc(Oc3ccccc3)cc2)[C@H]1NC(C)=O. The fourth-order valence-corrected chi connectivity index (χ4v) is 4.11. The van der Waals surface area contributed by atoms with Gasteiger partial charge in [-0.15, -0.1) is 0 Å². The first-order valence-corrected chi connectivity index (χ1v) is 11.8. The summed E-state index contributed by atoms with van der Waals surface area (Å²) in [6, 6.07) is 16.6. The van der Waals surface area contributed by atoms with Gasteiger partial charge in [-0.2, -0.15) is 0 Å². The molecular weight excluding hydrogens is 432 g/mol. The molecule has 1 aliphatic carbocycles. The van der Waals surface area contributed by atoms with Gasteiger partial charge in [0.05, 0.1) is 18.2 Å². The number of hydrogen-bond acceptors (Lipinski definition) is 5. The summed E-state index contributed by atoms with van der Waals surface area (Å²) < 4.78 is 12.1. The number of ether oxygens (including phenoxy) is 2. The molecule has 0 unspecified atom stereocenters. The van der Waals surface area contributed by atoms with E-state index in [2.05, 4.69) is 10.6 Å². The molecule has 0 spiro atoms. The zero-order valence-electron chi connectivity index (χ0n) is 20.0. The second-order valence-corrected chi connectivity index (χ2v) is 8.51. The van der Waals surface area contributed by atoms with Gasteiger partial charge < -0.3 is 25.2 Å². The van der Waals surface area contributed by atoms with E-state index in [-0.39, 0.29) is 30.5 Å². The number of carbonyl (C=O) groups is 2. The number of rotatable bonds is 11. The molecule has 0 bridgehead atoms.